The van der Waals surface area contributed by atoms with Gasteiger partial charge >= 0.3 is 13.6 Å². The first-order chi connectivity index (χ1) is 6.94. The molecule has 0 spiro atoms. The zero-order chi connectivity index (χ0) is 12.1. The highest BCUT2D eigenvalue weighted by atomic mass is 31.2. The summed E-state index contributed by atoms with van der Waals surface area (Å²) < 4.78 is 21.5. The van der Waals surface area contributed by atoms with Crippen LogP contribution in [0.1, 0.15) is 20.3 Å². The Morgan fingerprint density at radius 2 is 1.93 bits per heavy atom. The van der Waals surface area contributed by atoms with Gasteiger partial charge in [0.05, 0.1) is 0 Å². The average molecular weight is 234 g/mol. The Balaban J connectivity index is 5.71. The van der Waals surface area contributed by atoms with E-state index in [1.54, 1.807) is 6.92 Å². The van der Waals surface area contributed by atoms with Gasteiger partial charge in [0.2, 0.25) is 5.16 Å². The summed E-state index contributed by atoms with van der Waals surface area (Å²) in [6, 6.07) is 0. The zero-order valence-corrected chi connectivity index (χ0v) is 10.1. The third-order valence-corrected chi connectivity index (χ3v) is 4.66. The van der Waals surface area contributed by atoms with E-state index in [2.05, 4.69) is 11.8 Å². The second kappa shape index (κ2) is 5.32. The van der Waals surface area contributed by atoms with Crippen molar-refractivity contribution in [1.29, 1.82) is 0 Å². The molecule has 0 aromatic rings. The van der Waals surface area contributed by atoms with E-state index in [0.717, 1.165) is 14.2 Å². The number of hydrogen-bond donors (Lipinski definition) is 1. The van der Waals surface area contributed by atoms with Crippen LogP contribution in [0.25, 0.3) is 0 Å². The zero-order valence-electron chi connectivity index (χ0n) is 9.23. The molecule has 86 valence electrons. The highest BCUT2D eigenvalue weighted by Crippen LogP contribution is 2.60. The van der Waals surface area contributed by atoms with Gasteiger partial charge in [0.25, 0.3) is 0 Å². The van der Waals surface area contributed by atoms with E-state index in [1.807, 2.05) is 0 Å². The van der Waals surface area contributed by atoms with Gasteiger partial charge in [-0.05, 0) is 13.3 Å². The molecule has 0 aliphatic heterocycles. The van der Waals surface area contributed by atoms with E-state index in [4.69, 9.17) is 14.2 Å². The molecule has 6 heteroatoms. The van der Waals surface area contributed by atoms with Crippen LogP contribution in [0.3, 0.4) is 0 Å². The van der Waals surface area contributed by atoms with Crippen molar-refractivity contribution in [2.24, 2.45) is 0 Å². The van der Waals surface area contributed by atoms with Crippen LogP contribution in [-0.2, 0) is 18.4 Å². The molecule has 1 atom stereocenters. The lowest BCUT2D eigenvalue weighted by molar-refractivity contribution is -0.139. The number of aliphatic carboxylic acids is 1. The van der Waals surface area contributed by atoms with Crippen molar-refractivity contribution >= 4 is 13.6 Å². The first-order valence-corrected chi connectivity index (χ1v) is 5.87. The highest BCUT2D eigenvalue weighted by molar-refractivity contribution is 7.57. The molecular weight excluding hydrogens is 219 g/mol. The summed E-state index contributed by atoms with van der Waals surface area (Å²) in [5.41, 5.74) is 0. The second-order valence-electron chi connectivity index (χ2n) is 2.76. The second-order valence-corrected chi connectivity index (χ2v) is 5.25. The summed E-state index contributed by atoms with van der Waals surface area (Å²) in [4.78, 5) is 11.2. The molecule has 0 radical (unpaired) electrons. The number of hydrogen-bond acceptors (Lipinski definition) is 4. The summed E-state index contributed by atoms with van der Waals surface area (Å²) in [6.45, 7) is 3.05. The SMILES string of the molecule is CC#CC(CC)(C(=O)O)P(=O)(OC)OC. The molecule has 0 aromatic carbocycles. The lowest BCUT2D eigenvalue weighted by atomic mass is 10.1. The van der Waals surface area contributed by atoms with Crippen LogP contribution in [0.4, 0.5) is 0 Å². The lowest BCUT2D eigenvalue weighted by Gasteiger charge is -2.28. The predicted octanol–water partition coefficient (Wildman–Crippen LogP) is 1.73. The van der Waals surface area contributed by atoms with Crippen LogP contribution < -0.4 is 0 Å². The van der Waals surface area contributed by atoms with Crippen molar-refractivity contribution in [2.45, 2.75) is 25.4 Å². The van der Waals surface area contributed by atoms with E-state index < -0.39 is 18.7 Å². The van der Waals surface area contributed by atoms with Gasteiger partial charge in [-0.15, -0.1) is 5.92 Å². The van der Waals surface area contributed by atoms with E-state index in [1.165, 1.54) is 6.92 Å². The van der Waals surface area contributed by atoms with Crippen molar-refractivity contribution in [2.75, 3.05) is 14.2 Å². The van der Waals surface area contributed by atoms with Gasteiger partial charge in [-0.1, -0.05) is 12.8 Å². The maximum Gasteiger partial charge on any atom is 0.359 e. The molecule has 5 nitrogen and oxygen atoms in total. The van der Waals surface area contributed by atoms with Crippen LogP contribution in [0.2, 0.25) is 0 Å². The molecule has 0 saturated heterocycles. The molecular formula is C9H15O5P. The quantitative estimate of drug-likeness (QED) is 0.579. The van der Waals surface area contributed by atoms with E-state index in [9.17, 15) is 9.36 Å². The summed E-state index contributed by atoms with van der Waals surface area (Å²) in [5.74, 6) is 3.58. The maximum atomic E-state index is 12.1. The van der Waals surface area contributed by atoms with Gasteiger partial charge in [-0.3, -0.25) is 4.57 Å². The number of carboxylic acid groups (broad SMARTS) is 1. The number of carboxylic acids is 1. The Kier molecular flexibility index (Phi) is 5.02. The molecule has 0 heterocycles. The molecule has 0 fully saturated rings. The van der Waals surface area contributed by atoms with Crippen molar-refractivity contribution in [1.82, 2.24) is 0 Å². The summed E-state index contributed by atoms with van der Waals surface area (Å²) in [6.07, 6.45) is 0.0438. The van der Waals surface area contributed by atoms with Crippen LogP contribution in [0, 0.1) is 11.8 Å². The minimum Gasteiger partial charge on any atom is -0.480 e. The third-order valence-electron chi connectivity index (χ3n) is 2.15. The molecule has 1 N–H and O–H groups in total. The Hall–Kier alpha value is -0.820. The van der Waals surface area contributed by atoms with Crippen LogP contribution in [0.5, 0.6) is 0 Å². The minimum atomic E-state index is -3.77. The first kappa shape index (κ1) is 14.2. The Labute approximate surface area is 89.3 Å². The fourth-order valence-electron chi connectivity index (χ4n) is 1.27. The molecule has 0 aromatic heterocycles. The first-order valence-electron chi connectivity index (χ1n) is 4.33. The smallest absolute Gasteiger partial charge is 0.359 e. The number of carbonyl (C=O) groups is 1. The molecule has 15 heavy (non-hydrogen) atoms. The van der Waals surface area contributed by atoms with E-state index in [0.29, 0.717) is 0 Å². The predicted molar refractivity (Wildman–Crippen MR) is 55.7 cm³/mol. The van der Waals surface area contributed by atoms with Gasteiger partial charge in [0.1, 0.15) is 0 Å². The summed E-state index contributed by atoms with van der Waals surface area (Å²) in [7, 11) is -1.47. The molecule has 0 amide bonds. The fraction of sp³-hybridized carbons (Fsp3) is 0.667. The van der Waals surface area contributed by atoms with Crippen molar-refractivity contribution in [3.05, 3.63) is 0 Å². The summed E-state index contributed by atoms with van der Waals surface area (Å²) >= 11 is 0. The minimum absolute atomic E-state index is 0.0438. The average Bonchev–Trinajstić information content (AvgIpc) is 2.24. The maximum absolute atomic E-state index is 12.1. The molecule has 0 aliphatic carbocycles. The normalized spacial score (nSPS) is 14.9. The van der Waals surface area contributed by atoms with Crippen molar-refractivity contribution in [3.8, 4) is 11.8 Å². The molecule has 0 saturated carbocycles. The summed E-state index contributed by atoms with van der Waals surface area (Å²) in [5, 5.41) is 7.33. The van der Waals surface area contributed by atoms with Gasteiger partial charge in [0.15, 0.2) is 0 Å². The molecule has 0 bridgehead atoms. The van der Waals surface area contributed by atoms with Crippen molar-refractivity contribution in [3.63, 3.8) is 0 Å². The van der Waals surface area contributed by atoms with Gasteiger partial charge in [-0.2, -0.15) is 0 Å². The largest absolute Gasteiger partial charge is 0.480 e. The van der Waals surface area contributed by atoms with Gasteiger partial charge in [-0.25, -0.2) is 4.79 Å². The van der Waals surface area contributed by atoms with E-state index >= 15 is 0 Å². The topological polar surface area (TPSA) is 72.8 Å². The Bertz CT molecular complexity index is 332. The third kappa shape index (κ3) is 2.23. The fourth-order valence-corrected chi connectivity index (χ4v) is 2.91. The molecule has 0 aliphatic rings. The highest BCUT2D eigenvalue weighted by Gasteiger charge is 2.54. The number of rotatable bonds is 5. The lowest BCUT2D eigenvalue weighted by Crippen LogP contribution is -2.37. The van der Waals surface area contributed by atoms with E-state index in [-0.39, 0.29) is 6.42 Å². The van der Waals surface area contributed by atoms with Crippen LogP contribution in [-0.4, -0.2) is 30.5 Å². The van der Waals surface area contributed by atoms with Gasteiger partial charge < -0.3 is 14.2 Å². The molecule has 1 unspecified atom stereocenters. The Morgan fingerprint density at radius 1 is 1.47 bits per heavy atom. The standard InChI is InChI=1S/C9H15O5P/c1-5-7-9(6-2,8(10)11)15(12,13-3)14-4/h6H2,1-4H3,(H,10,11). The van der Waals surface area contributed by atoms with Crippen LogP contribution >= 0.6 is 7.60 Å². The molecule has 0 rings (SSSR count). The van der Waals surface area contributed by atoms with Crippen LogP contribution in [0.15, 0.2) is 0 Å². The van der Waals surface area contributed by atoms with Crippen molar-refractivity contribution < 1.29 is 23.5 Å². The Morgan fingerprint density at radius 3 is 2.13 bits per heavy atom. The monoisotopic (exact) mass is 234 g/mol. The van der Waals surface area contributed by atoms with Gasteiger partial charge in [0, 0.05) is 14.2 Å².